The molecule has 0 aliphatic carbocycles. The number of hydrogen-bond donors (Lipinski definition) is 1. The fraction of sp³-hybridized carbons (Fsp3) is 0.357. The van der Waals surface area contributed by atoms with Crippen molar-refractivity contribution in [1.82, 2.24) is 10.3 Å². The van der Waals surface area contributed by atoms with Crippen LogP contribution in [0.3, 0.4) is 0 Å². The smallest absolute Gasteiger partial charge is 0.131 e. The van der Waals surface area contributed by atoms with Gasteiger partial charge in [-0.2, -0.15) is 0 Å². The molecule has 0 aliphatic heterocycles. The topological polar surface area (TPSA) is 24.9 Å². The predicted octanol–water partition coefficient (Wildman–Crippen LogP) is 3.85. The van der Waals surface area contributed by atoms with Crippen molar-refractivity contribution in [1.29, 1.82) is 0 Å². The summed E-state index contributed by atoms with van der Waals surface area (Å²) in [6.45, 7) is 4.08. The quantitative estimate of drug-likeness (QED) is 0.921. The molecule has 0 bridgehead atoms. The number of rotatable bonds is 4. The third-order valence-electron chi connectivity index (χ3n) is 2.96. The van der Waals surface area contributed by atoms with E-state index in [1.165, 1.54) is 29.5 Å². The largest absolute Gasteiger partial charge is 0.307 e. The first kappa shape index (κ1) is 14.1. The third-order valence-corrected chi connectivity index (χ3v) is 3.88. The van der Waals surface area contributed by atoms with Gasteiger partial charge in [0.15, 0.2) is 0 Å². The zero-order chi connectivity index (χ0) is 14.0. The molecule has 1 atom stereocenters. The van der Waals surface area contributed by atoms with Crippen molar-refractivity contribution in [2.75, 3.05) is 7.05 Å². The molecule has 5 heteroatoms. The van der Waals surface area contributed by atoms with Crippen LogP contribution in [0.5, 0.6) is 0 Å². The molecule has 1 heterocycles. The normalized spacial score (nSPS) is 12.9. The Bertz CT molecular complexity index is 546. The van der Waals surface area contributed by atoms with Crippen LogP contribution in [0.2, 0.25) is 0 Å². The predicted molar refractivity (Wildman–Crippen MR) is 73.5 cm³/mol. The SMILES string of the molecule is CNC(c1nc(C(C)C)cs1)c1c(F)cccc1F. The minimum atomic E-state index is -0.557. The molecule has 102 valence electrons. The molecule has 19 heavy (non-hydrogen) atoms. The second-order valence-corrected chi connectivity index (χ2v) is 5.51. The van der Waals surface area contributed by atoms with Crippen LogP contribution in [0.25, 0.3) is 0 Å². The maximum Gasteiger partial charge on any atom is 0.131 e. The van der Waals surface area contributed by atoms with Gasteiger partial charge >= 0.3 is 0 Å². The summed E-state index contributed by atoms with van der Waals surface area (Å²) in [5.41, 5.74) is 0.964. The number of thiazole rings is 1. The highest BCUT2D eigenvalue weighted by Crippen LogP contribution is 2.30. The maximum absolute atomic E-state index is 13.8. The summed E-state index contributed by atoms with van der Waals surface area (Å²) < 4.78 is 27.7. The second kappa shape index (κ2) is 5.75. The molecule has 0 aliphatic rings. The molecule has 2 aromatic rings. The average molecular weight is 282 g/mol. The van der Waals surface area contributed by atoms with Crippen molar-refractivity contribution >= 4 is 11.3 Å². The molecule has 1 N–H and O–H groups in total. The van der Waals surface area contributed by atoms with Crippen LogP contribution in [0.15, 0.2) is 23.6 Å². The lowest BCUT2D eigenvalue weighted by Gasteiger charge is -2.15. The van der Waals surface area contributed by atoms with Gasteiger partial charge in [-0.3, -0.25) is 0 Å². The van der Waals surface area contributed by atoms with Gasteiger partial charge in [0.05, 0.1) is 11.7 Å². The Morgan fingerprint density at radius 1 is 1.21 bits per heavy atom. The monoisotopic (exact) mass is 282 g/mol. The van der Waals surface area contributed by atoms with E-state index in [2.05, 4.69) is 10.3 Å². The van der Waals surface area contributed by atoms with E-state index in [1.54, 1.807) is 7.05 Å². The van der Waals surface area contributed by atoms with Crippen LogP contribution in [0, 0.1) is 11.6 Å². The van der Waals surface area contributed by atoms with E-state index in [0.29, 0.717) is 10.9 Å². The van der Waals surface area contributed by atoms with Crippen LogP contribution >= 0.6 is 11.3 Å². The van der Waals surface area contributed by atoms with Gasteiger partial charge in [-0.05, 0) is 25.1 Å². The van der Waals surface area contributed by atoms with Crippen molar-refractivity contribution in [2.24, 2.45) is 0 Å². The minimum Gasteiger partial charge on any atom is -0.307 e. The zero-order valence-corrected chi connectivity index (χ0v) is 11.9. The first-order chi connectivity index (χ1) is 9.04. The number of nitrogens with zero attached hydrogens (tertiary/aromatic N) is 1. The molecule has 2 nitrogen and oxygen atoms in total. The highest BCUT2D eigenvalue weighted by molar-refractivity contribution is 7.09. The number of nitrogens with one attached hydrogen (secondary N) is 1. The number of hydrogen-bond acceptors (Lipinski definition) is 3. The van der Waals surface area contributed by atoms with Crippen molar-refractivity contribution in [2.45, 2.75) is 25.8 Å². The van der Waals surface area contributed by atoms with E-state index in [0.717, 1.165) is 5.69 Å². The van der Waals surface area contributed by atoms with Gasteiger partial charge in [0.1, 0.15) is 16.6 Å². The van der Waals surface area contributed by atoms with E-state index in [4.69, 9.17) is 0 Å². The molecule has 1 aromatic heterocycles. The summed E-state index contributed by atoms with van der Waals surface area (Å²) in [6.07, 6.45) is 0. The summed E-state index contributed by atoms with van der Waals surface area (Å²) in [5, 5.41) is 5.55. The lowest BCUT2D eigenvalue weighted by molar-refractivity contribution is 0.520. The summed E-state index contributed by atoms with van der Waals surface area (Å²) >= 11 is 1.42. The highest BCUT2D eigenvalue weighted by Gasteiger charge is 2.23. The van der Waals surface area contributed by atoms with Gasteiger partial charge in [-0.25, -0.2) is 13.8 Å². The van der Waals surface area contributed by atoms with E-state index in [-0.39, 0.29) is 5.56 Å². The number of halogens is 2. The molecule has 0 spiro atoms. The van der Waals surface area contributed by atoms with E-state index in [9.17, 15) is 8.78 Å². The Balaban J connectivity index is 2.44. The number of benzene rings is 1. The van der Waals surface area contributed by atoms with Crippen molar-refractivity contribution < 1.29 is 8.78 Å². The lowest BCUT2D eigenvalue weighted by Crippen LogP contribution is -2.20. The lowest BCUT2D eigenvalue weighted by atomic mass is 10.1. The summed E-state index contributed by atoms with van der Waals surface area (Å²) in [5.74, 6) is -0.811. The average Bonchev–Trinajstić information content (AvgIpc) is 2.83. The van der Waals surface area contributed by atoms with E-state index in [1.807, 2.05) is 19.2 Å². The molecule has 0 fully saturated rings. The highest BCUT2D eigenvalue weighted by atomic mass is 32.1. The maximum atomic E-state index is 13.8. The molecule has 0 saturated carbocycles. The van der Waals surface area contributed by atoms with Crippen LogP contribution in [-0.2, 0) is 0 Å². The third kappa shape index (κ3) is 2.82. The Kier molecular flexibility index (Phi) is 4.27. The van der Waals surface area contributed by atoms with Gasteiger partial charge in [0, 0.05) is 10.9 Å². The molecule has 0 amide bonds. The van der Waals surface area contributed by atoms with Crippen LogP contribution in [-0.4, -0.2) is 12.0 Å². The second-order valence-electron chi connectivity index (χ2n) is 4.62. The zero-order valence-electron chi connectivity index (χ0n) is 11.1. The standard InChI is InChI=1S/C14H16F2N2S/c1-8(2)11-7-19-14(18-11)13(17-3)12-9(15)5-4-6-10(12)16/h4-8,13,17H,1-3H3. The first-order valence-corrected chi connectivity index (χ1v) is 6.99. The molecular formula is C14H16F2N2S. The van der Waals surface area contributed by atoms with Crippen molar-refractivity contribution in [3.8, 4) is 0 Å². The van der Waals surface area contributed by atoms with Crippen molar-refractivity contribution in [3.05, 3.63) is 51.5 Å². The minimum absolute atomic E-state index is 0.0228. The van der Waals surface area contributed by atoms with Gasteiger partial charge < -0.3 is 5.32 Å². The van der Waals surface area contributed by atoms with Crippen LogP contribution < -0.4 is 5.32 Å². The molecule has 2 rings (SSSR count). The first-order valence-electron chi connectivity index (χ1n) is 6.11. The van der Waals surface area contributed by atoms with E-state index < -0.39 is 17.7 Å². The Morgan fingerprint density at radius 2 is 1.84 bits per heavy atom. The summed E-state index contributed by atoms with van der Waals surface area (Å²) in [7, 11) is 1.67. The molecule has 1 aromatic carbocycles. The van der Waals surface area contributed by atoms with Gasteiger partial charge in [-0.1, -0.05) is 19.9 Å². The Hall–Kier alpha value is -1.33. The number of aromatic nitrogens is 1. The Morgan fingerprint density at radius 3 is 2.32 bits per heavy atom. The fourth-order valence-corrected chi connectivity index (χ4v) is 2.97. The van der Waals surface area contributed by atoms with Gasteiger partial charge in [-0.15, -0.1) is 11.3 Å². The molecule has 0 saturated heterocycles. The summed E-state index contributed by atoms with van der Waals surface area (Å²) in [4.78, 5) is 4.46. The van der Waals surface area contributed by atoms with E-state index >= 15 is 0 Å². The summed E-state index contributed by atoms with van der Waals surface area (Å²) in [6, 6.07) is 3.33. The molecular weight excluding hydrogens is 266 g/mol. The van der Waals surface area contributed by atoms with Gasteiger partial charge in [0.2, 0.25) is 0 Å². The Labute approximate surface area is 115 Å². The fourth-order valence-electron chi connectivity index (χ4n) is 1.88. The van der Waals surface area contributed by atoms with Crippen LogP contribution in [0.4, 0.5) is 8.78 Å². The molecule has 0 radical (unpaired) electrons. The molecule has 1 unspecified atom stereocenters. The van der Waals surface area contributed by atoms with Gasteiger partial charge in [0.25, 0.3) is 0 Å². The van der Waals surface area contributed by atoms with Crippen molar-refractivity contribution in [3.63, 3.8) is 0 Å². The van der Waals surface area contributed by atoms with Crippen LogP contribution in [0.1, 0.15) is 42.1 Å².